The van der Waals surface area contributed by atoms with Gasteiger partial charge in [0.1, 0.15) is 5.75 Å². The molecule has 34 heavy (non-hydrogen) atoms. The maximum atomic E-state index is 12.7. The minimum Gasteiger partial charge on any atom is -0.483 e. The van der Waals surface area contributed by atoms with Crippen LogP contribution in [0.1, 0.15) is 27.3 Å². The number of carbonyl (C=O) groups is 2. The fourth-order valence-electron chi connectivity index (χ4n) is 3.58. The van der Waals surface area contributed by atoms with Gasteiger partial charge in [-0.1, -0.05) is 48.0 Å². The normalized spacial score (nSPS) is 10.6. The fourth-order valence-corrected chi connectivity index (χ4v) is 3.58. The third-order valence-corrected chi connectivity index (χ3v) is 5.36. The molecule has 4 rings (SSSR count). The summed E-state index contributed by atoms with van der Waals surface area (Å²) in [7, 11) is 0. The zero-order valence-corrected chi connectivity index (χ0v) is 19.3. The highest BCUT2D eigenvalue weighted by Gasteiger charge is 2.17. The van der Waals surface area contributed by atoms with Gasteiger partial charge >= 0.3 is 0 Å². The highest BCUT2D eigenvalue weighted by atomic mass is 16.5. The highest BCUT2D eigenvalue weighted by molar-refractivity contribution is 6.06. The summed E-state index contributed by atoms with van der Waals surface area (Å²) in [5, 5.41) is 10.3. The minimum atomic E-state index is -0.340. The molecule has 3 aromatic carbocycles. The number of para-hydroxylation sites is 2. The van der Waals surface area contributed by atoms with Gasteiger partial charge in [-0.05, 0) is 57.2 Å². The summed E-state index contributed by atoms with van der Waals surface area (Å²) in [6, 6.07) is 24.0. The Balaban J connectivity index is 1.43. The molecule has 0 atom stereocenters. The first-order chi connectivity index (χ1) is 16.4. The van der Waals surface area contributed by atoms with Crippen molar-refractivity contribution in [2.45, 2.75) is 20.8 Å². The molecule has 0 fully saturated rings. The number of carbonyl (C=O) groups excluding carboxylic acids is 2. The Morgan fingerprint density at radius 1 is 0.853 bits per heavy atom. The van der Waals surface area contributed by atoms with Gasteiger partial charge in [-0.15, -0.1) is 0 Å². The molecule has 7 nitrogen and oxygen atoms in total. The number of aryl methyl sites for hydroxylation is 2. The van der Waals surface area contributed by atoms with Crippen molar-refractivity contribution in [2.75, 3.05) is 17.2 Å². The largest absolute Gasteiger partial charge is 0.483 e. The molecule has 0 spiro atoms. The van der Waals surface area contributed by atoms with E-state index in [9.17, 15) is 9.59 Å². The van der Waals surface area contributed by atoms with Gasteiger partial charge in [0.05, 0.1) is 28.3 Å². The quantitative estimate of drug-likeness (QED) is 0.408. The predicted octanol–water partition coefficient (Wildman–Crippen LogP) is 5.07. The molecular weight excluding hydrogens is 428 g/mol. The van der Waals surface area contributed by atoms with Gasteiger partial charge in [0.15, 0.2) is 6.61 Å². The molecule has 2 amide bonds. The summed E-state index contributed by atoms with van der Waals surface area (Å²) in [5.41, 5.74) is 5.26. The Morgan fingerprint density at radius 3 is 2.26 bits per heavy atom. The second-order valence-electron chi connectivity index (χ2n) is 7.95. The molecule has 1 heterocycles. The molecule has 172 valence electrons. The van der Waals surface area contributed by atoms with Crippen molar-refractivity contribution in [3.05, 3.63) is 101 Å². The van der Waals surface area contributed by atoms with E-state index in [4.69, 9.17) is 4.74 Å². The highest BCUT2D eigenvalue weighted by Crippen LogP contribution is 2.24. The van der Waals surface area contributed by atoms with Crippen LogP contribution in [0.25, 0.3) is 5.69 Å². The summed E-state index contributed by atoms with van der Waals surface area (Å²) in [6.45, 7) is 5.53. The topological polar surface area (TPSA) is 85.2 Å². The van der Waals surface area contributed by atoms with Crippen molar-refractivity contribution in [1.29, 1.82) is 0 Å². The minimum absolute atomic E-state index is 0.246. The van der Waals surface area contributed by atoms with Crippen LogP contribution in [0, 0.1) is 20.8 Å². The lowest BCUT2D eigenvalue weighted by Crippen LogP contribution is -2.22. The van der Waals surface area contributed by atoms with E-state index in [1.165, 1.54) is 0 Å². The summed E-state index contributed by atoms with van der Waals surface area (Å²) in [6.07, 6.45) is 0. The lowest BCUT2D eigenvalue weighted by Gasteiger charge is -2.12. The second-order valence-corrected chi connectivity index (χ2v) is 7.95. The summed E-state index contributed by atoms with van der Waals surface area (Å²) in [4.78, 5) is 25.4. The molecule has 2 N–H and O–H groups in total. The van der Waals surface area contributed by atoms with Crippen LogP contribution in [0.4, 0.5) is 11.4 Å². The smallest absolute Gasteiger partial charge is 0.262 e. The van der Waals surface area contributed by atoms with Crippen molar-refractivity contribution in [2.24, 2.45) is 0 Å². The number of nitrogens with one attached hydrogen (secondary N) is 2. The molecule has 0 aliphatic heterocycles. The van der Waals surface area contributed by atoms with E-state index in [1.807, 2.05) is 63.2 Å². The first kappa shape index (κ1) is 22.8. The van der Waals surface area contributed by atoms with Crippen molar-refractivity contribution in [3.63, 3.8) is 0 Å². The number of amides is 2. The van der Waals surface area contributed by atoms with Crippen molar-refractivity contribution in [3.8, 4) is 11.4 Å². The fraction of sp³-hybridized carbons (Fsp3) is 0.148. The number of aromatic nitrogens is 2. The Labute approximate surface area is 198 Å². The van der Waals surface area contributed by atoms with Crippen molar-refractivity contribution >= 4 is 23.2 Å². The lowest BCUT2D eigenvalue weighted by molar-refractivity contribution is -0.118. The number of benzene rings is 3. The van der Waals surface area contributed by atoms with Gasteiger partial charge in [0.25, 0.3) is 11.8 Å². The van der Waals surface area contributed by atoms with Crippen molar-refractivity contribution in [1.82, 2.24) is 9.78 Å². The molecule has 0 saturated carbocycles. The van der Waals surface area contributed by atoms with E-state index in [2.05, 4.69) is 15.7 Å². The second kappa shape index (κ2) is 10.0. The maximum Gasteiger partial charge on any atom is 0.262 e. The number of rotatable bonds is 7. The molecule has 0 bridgehead atoms. The average Bonchev–Trinajstić information content (AvgIpc) is 3.12. The van der Waals surface area contributed by atoms with Crippen molar-refractivity contribution < 1.29 is 14.3 Å². The summed E-state index contributed by atoms with van der Waals surface area (Å²) >= 11 is 0. The number of nitrogens with zero attached hydrogens (tertiary/aromatic N) is 2. The number of anilines is 2. The lowest BCUT2D eigenvalue weighted by atomic mass is 10.2. The summed E-state index contributed by atoms with van der Waals surface area (Å²) < 4.78 is 7.51. The molecule has 0 unspecified atom stereocenters. The third-order valence-electron chi connectivity index (χ3n) is 5.36. The number of hydrogen-bond donors (Lipinski definition) is 2. The Kier molecular flexibility index (Phi) is 6.73. The van der Waals surface area contributed by atoms with Crippen LogP contribution in [-0.4, -0.2) is 28.2 Å². The van der Waals surface area contributed by atoms with Crippen LogP contribution in [-0.2, 0) is 4.79 Å². The average molecular weight is 455 g/mol. The standard InChI is InChI=1S/C27H26N4O3/c1-18-13-15-22(16-14-18)31-20(3)26(19(2)30-31)29-25(32)17-34-24-12-8-7-11-23(24)27(33)28-21-9-5-4-6-10-21/h4-16H,17H2,1-3H3,(H,28,33)(H,29,32). The van der Waals surface area contributed by atoms with Crippen LogP contribution in [0.15, 0.2) is 78.9 Å². The Morgan fingerprint density at radius 2 is 1.53 bits per heavy atom. The molecule has 0 aliphatic rings. The van der Waals surface area contributed by atoms with E-state index < -0.39 is 0 Å². The van der Waals surface area contributed by atoms with Crippen LogP contribution >= 0.6 is 0 Å². The van der Waals surface area contributed by atoms with Crippen LogP contribution in [0.2, 0.25) is 0 Å². The Hall–Kier alpha value is -4.39. The monoisotopic (exact) mass is 454 g/mol. The first-order valence-corrected chi connectivity index (χ1v) is 10.9. The molecular formula is C27H26N4O3. The zero-order valence-electron chi connectivity index (χ0n) is 19.3. The van der Waals surface area contributed by atoms with Crippen LogP contribution in [0.3, 0.4) is 0 Å². The third kappa shape index (κ3) is 5.15. The predicted molar refractivity (Wildman–Crippen MR) is 133 cm³/mol. The molecule has 7 heteroatoms. The van der Waals surface area contributed by atoms with Gasteiger partial charge in [0, 0.05) is 5.69 Å². The van der Waals surface area contributed by atoms with E-state index in [-0.39, 0.29) is 18.4 Å². The SMILES string of the molecule is Cc1ccc(-n2nc(C)c(NC(=O)COc3ccccc3C(=O)Nc3ccccc3)c2C)cc1. The van der Waals surface area contributed by atoms with Crippen LogP contribution in [0.5, 0.6) is 5.75 Å². The van der Waals surface area contributed by atoms with Gasteiger partial charge < -0.3 is 15.4 Å². The van der Waals surface area contributed by atoms with Gasteiger partial charge in [0.2, 0.25) is 0 Å². The number of hydrogen-bond acceptors (Lipinski definition) is 4. The number of ether oxygens (including phenoxy) is 1. The molecule has 4 aromatic rings. The van der Waals surface area contributed by atoms with Gasteiger partial charge in [-0.2, -0.15) is 5.10 Å². The van der Waals surface area contributed by atoms with E-state index in [1.54, 1.807) is 41.1 Å². The summed E-state index contributed by atoms with van der Waals surface area (Å²) in [5.74, 6) is -0.323. The first-order valence-electron chi connectivity index (χ1n) is 10.9. The Bertz CT molecular complexity index is 1310. The van der Waals surface area contributed by atoms with E-state index in [0.29, 0.717) is 28.4 Å². The van der Waals surface area contributed by atoms with E-state index >= 15 is 0 Å². The van der Waals surface area contributed by atoms with Gasteiger partial charge in [-0.3, -0.25) is 9.59 Å². The molecule has 0 saturated heterocycles. The molecule has 0 aliphatic carbocycles. The molecule has 0 radical (unpaired) electrons. The maximum absolute atomic E-state index is 12.7. The van der Waals surface area contributed by atoms with E-state index in [0.717, 1.165) is 16.9 Å². The van der Waals surface area contributed by atoms with Crippen LogP contribution < -0.4 is 15.4 Å². The van der Waals surface area contributed by atoms with Gasteiger partial charge in [-0.25, -0.2) is 4.68 Å². The molecule has 1 aromatic heterocycles. The zero-order chi connectivity index (χ0) is 24.1.